The van der Waals surface area contributed by atoms with Crippen LogP contribution >= 0.6 is 15.9 Å². The summed E-state index contributed by atoms with van der Waals surface area (Å²) in [5.74, 6) is 0.765. The smallest absolute Gasteiger partial charge is 0.259 e. The van der Waals surface area contributed by atoms with E-state index in [0.717, 1.165) is 36.9 Å². The molecule has 6 nitrogen and oxygen atoms in total. The van der Waals surface area contributed by atoms with Crippen LogP contribution in [0.4, 0.5) is 11.5 Å². The van der Waals surface area contributed by atoms with Gasteiger partial charge in [-0.15, -0.1) is 0 Å². The van der Waals surface area contributed by atoms with Crippen LogP contribution in [0.15, 0.2) is 41.0 Å². The fraction of sp³-hybridized carbons (Fsp3) is 0.429. The first kappa shape index (κ1) is 20.6. The van der Waals surface area contributed by atoms with Gasteiger partial charge in [0.2, 0.25) is 0 Å². The summed E-state index contributed by atoms with van der Waals surface area (Å²) < 4.78 is 0.841. The number of nitrogens with zero attached hydrogens (tertiary/aromatic N) is 2. The molecule has 1 aliphatic heterocycles. The van der Waals surface area contributed by atoms with Gasteiger partial charge in [-0.25, -0.2) is 4.98 Å². The lowest BCUT2D eigenvalue weighted by molar-refractivity contribution is 0.102. The minimum absolute atomic E-state index is 0.0797. The van der Waals surface area contributed by atoms with Gasteiger partial charge in [-0.05, 0) is 85.9 Å². The van der Waals surface area contributed by atoms with Crippen LogP contribution in [-0.4, -0.2) is 46.6 Å². The molecule has 28 heavy (non-hydrogen) atoms. The molecule has 1 aliphatic rings. The van der Waals surface area contributed by atoms with Crippen molar-refractivity contribution in [1.82, 2.24) is 9.88 Å². The predicted octanol–water partition coefficient (Wildman–Crippen LogP) is 4.33. The van der Waals surface area contributed by atoms with Crippen LogP contribution in [0.5, 0.6) is 5.75 Å². The SMILES string of the molecule is CC(C)N1CCC(CNc2c(O)cccc2C(=O)Nc2ccc(Br)cn2)CC1. The third kappa shape index (κ3) is 5.23. The van der Waals surface area contributed by atoms with Crippen LogP contribution in [0.25, 0.3) is 0 Å². The number of benzene rings is 1. The molecule has 0 unspecified atom stereocenters. The lowest BCUT2D eigenvalue weighted by Crippen LogP contribution is -2.39. The van der Waals surface area contributed by atoms with E-state index in [9.17, 15) is 9.90 Å². The zero-order valence-electron chi connectivity index (χ0n) is 16.3. The highest BCUT2D eigenvalue weighted by Crippen LogP contribution is 2.29. The Morgan fingerprint density at radius 1 is 1.29 bits per heavy atom. The summed E-state index contributed by atoms with van der Waals surface area (Å²) in [5.41, 5.74) is 0.882. The van der Waals surface area contributed by atoms with Crippen molar-refractivity contribution in [1.29, 1.82) is 0 Å². The number of carbonyl (C=O) groups excluding carboxylic acids is 1. The summed E-state index contributed by atoms with van der Waals surface area (Å²) in [4.78, 5) is 19.4. The van der Waals surface area contributed by atoms with E-state index in [-0.39, 0.29) is 11.7 Å². The molecule has 1 aromatic heterocycles. The molecule has 7 heteroatoms. The van der Waals surface area contributed by atoms with Gasteiger partial charge in [-0.1, -0.05) is 6.07 Å². The second kappa shape index (κ2) is 9.39. The Morgan fingerprint density at radius 3 is 2.68 bits per heavy atom. The number of piperidine rings is 1. The summed E-state index contributed by atoms with van der Waals surface area (Å²) in [6, 6.07) is 9.09. The highest BCUT2D eigenvalue weighted by molar-refractivity contribution is 9.10. The van der Waals surface area contributed by atoms with E-state index < -0.39 is 0 Å². The van der Waals surface area contributed by atoms with Crippen molar-refractivity contribution in [3.63, 3.8) is 0 Å². The molecule has 1 fully saturated rings. The van der Waals surface area contributed by atoms with Gasteiger partial charge < -0.3 is 20.6 Å². The number of anilines is 2. The van der Waals surface area contributed by atoms with Crippen LogP contribution in [0.3, 0.4) is 0 Å². The van der Waals surface area contributed by atoms with Crippen molar-refractivity contribution in [2.24, 2.45) is 5.92 Å². The molecule has 0 aliphatic carbocycles. The Labute approximate surface area is 174 Å². The molecular formula is C21H27BrN4O2. The van der Waals surface area contributed by atoms with Gasteiger partial charge in [-0.3, -0.25) is 4.79 Å². The molecule has 0 saturated carbocycles. The average Bonchev–Trinajstić information content (AvgIpc) is 2.69. The Morgan fingerprint density at radius 2 is 2.04 bits per heavy atom. The molecular weight excluding hydrogens is 420 g/mol. The third-order valence-electron chi connectivity index (χ3n) is 5.20. The number of aromatic hydroxyl groups is 1. The molecule has 0 bridgehead atoms. The highest BCUT2D eigenvalue weighted by atomic mass is 79.9. The van der Waals surface area contributed by atoms with Gasteiger partial charge in [0.1, 0.15) is 11.6 Å². The average molecular weight is 447 g/mol. The Kier molecular flexibility index (Phi) is 6.91. The minimum Gasteiger partial charge on any atom is -0.506 e. The first-order valence-electron chi connectivity index (χ1n) is 9.67. The molecule has 0 spiro atoms. The van der Waals surface area contributed by atoms with E-state index in [4.69, 9.17) is 0 Å². The number of hydrogen-bond donors (Lipinski definition) is 3. The van der Waals surface area contributed by atoms with Gasteiger partial charge in [0.15, 0.2) is 0 Å². The van der Waals surface area contributed by atoms with Crippen LogP contribution in [0.1, 0.15) is 37.0 Å². The number of likely N-dealkylation sites (tertiary alicyclic amines) is 1. The number of phenolic OH excluding ortho intramolecular Hbond substituents is 1. The fourth-order valence-corrected chi connectivity index (χ4v) is 3.70. The quantitative estimate of drug-likeness (QED) is 0.575. The number of nitrogens with one attached hydrogen (secondary N) is 2. The number of carbonyl (C=O) groups is 1. The molecule has 3 rings (SSSR count). The molecule has 1 aromatic carbocycles. The Hall–Kier alpha value is -2.12. The summed E-state index contributed by atoms with van der Waals surface area (Å²) in [7, 11) is 0. The van der Waals surface area contributed by atoms with Gasteiger partial charge in [-0.2, -0.15) is 0 Å². The maximum atomic E-state index is 12.7. The standard InChI is InChI=1S/C21H27BrN4O2/c1-14(2)26-10-8-15(9-11-26)12-24-20-17(4-3-5-18(20)27)21(28)25-19-7-6-16(22)13-23-19/h3-7,13-15,24,27H,8-12H2,1-2H3,(H,23,25,28). The normalized spacial score (nSPS) is 15.6. The predicted molar refractivity (Wildman–Crippen MR) is 116 cm³/mol. The van der Waals surface area contributed by atoms with E-state index in [0.29, 0.717) is 29.0 Å². The largest absolute Gasteiger partial charge is 0.506 e. The number of amides is 1. The lowest BCUT2D eigenvalue weighted by Gasteiger charge is -2.34. The number of phenols is 1. The molecule has 2 heterocycles. The number of rotatable bonds is 6. The van der Waals surface area contributed by atoms with E-state index in [1.165, 1.54) is 0 Å². The van der Waals surface area contributed by atoms with Gasteiger partial charge in [0.05, 0.1) is 11.3 Å². The number of pyridine rings is 1. The maximum absolute atomic E-state index is 12.7. The first-order valence-corrected chi connectivity index (χ1v) is 10.5. The van der Waals surface area contributed by atoms with Crippen LogP contribution in [0, 0.1) is 5.92 Å². The van der Waals surface area contributed by atoms with Gasteiger partial charge in [0, 0.05) is 23.3 Å². The zero-order valence-corrected chi connectivity index (χ0v) is 17.9. The van der Waals surface area contributed by atoms with Crippen molar-refractivity contribution in [3.8, 4) is 5.75 Å². The summed E-state index contributed by atoms with van der Waals surface area (Å²) in [5, 5.41) is 16.4. The molecule has 2 aromatic rings. The van der Waals surface area contributed by atoms with E-state index in [2.05, 4.69) is 50.3 Å². The Balaban J connectivity index is 1.65. The third-order valence-corrected chi connectivity index (χ3v) is 5.67. The molecule has 0 atom stereocenters. The molecule has 1 saturated heterocycles. The molecule has 0 radical (unpaired) electrons. The second-order valence-electron chi connectivity index (χ2n) is 7.47. The first-order chi connectivity index (χ1) is 13.4. The van der Waals surface area contributed by atoms with Crippen LogP contribution < -0.4 is 10.6 Å². The summed E-state index contributed by atoms with van der Waals surface area (Å²) in [6.45, 7) is 7.37. The van der Waals surface area contributed by atoms with E-state index in [1.807, 2.05) is 6.07 Å². The molecule has 3 N–H and O–H groups in total. The summed E-state index contributed by atoms with van der Waals surface area (Å²) in [6.07, 6.45) is 3.85. The van der Waals surface area contributed by atoms with Crippen LogP contribution in [0.2, 0.25) is 0 Å². The van der Waals surface area contributed by atoms with Gasteiger partial charge >= 0.3 is 0 Å². The zero-order chi connectivity index (χ0) is 20.1. The van der Waals surface area contributed by atoms with Crippen molar-refractivity contribution in [3.05, 3.63) is 46.6 Å². The van der Waals surface area contributed by atoms with Crippen molar-refractivity contribution >= 4 is 33.3 Å². The minimum atomic E-state index is -0.303. The fourth-order valence-electron chi connectivity index (χ4n) is 3.47. The van der Waals surface area contributed by atoms with Crippen LogP contribution in [-0.2, 0) is 0 Å². The van der Waals surface area contributed by atoms with Crippen molar-refractivity contribution in [2.75, 3.05) is 30.3 Å². The number of hydrogen-bond acceptors (Lipinski definition) is 5. The maximum Gasteiger partial charge on any atom is 0.259 e. The highest BCUT2D eigenvalue weighted by Gasteiger charge is 2.22. The second-order valence-corrected chi connectivity index (χ2v) is 8.39. The number of para-hydroxylation sites is 1. The molecule has 1 amide bonds. The summed E-state index contributed by atoms with van der Waals surface area (Å²) >= 11 is 3.33. The van der Waals surface area contributed by atoms with Crippen molar-refractivity contribution in [2.45, 2.75) is 32.7 Å². The Bertz CT molecular complexity index is 803. The lowest BCUT2D eigenvalue weighted by atomic mass is 9.95. The van der Waals surface area contributed by atoms with Gasteiger partial charge in [0.25, 0.3) is 5.91 Å². The monoisotopic (exact) mass is 446 g/mol. The van der Waals surface area contributed by atoms with E-state index >= 15 is 0 Å². The number of aromatic nitrogens is 1. The number of halogens is 1. The topological polar surface area (TPSA) is 77.5 Å². The van der Waals surface area contributed by atoms with E-state index in [1.54, 1.807) is 30.5 Å². The van der Waals surface area contributed by atoms with Crippen molar-refractivity contribution < 1.29 is 9.90 Å². The molecule has 150 valence electrons.